The quantitative estimate of drug-likeness (QED) is 0.140. The van der Waals surface area contributed by atoms with E-state index in [-0.39, 0.29) is 59.1 Å². The summed E-state index contributed by atoms with van der Waals surface area (Å²) >= 11 is 2.57. The van der Waals surface area contributed by atoms with Crippen molar-refractivity contribution in [2.75, 3.05) is 19.0 Å². The first-order valence-electron chi connectivity index (χ1n) is 10.6. The number of alkyl halides is 1. The molecule has 0 bridgehead atoms. The second-order valence-corrected chi connectivity index (χ2v) is 7.89. The van der Waals surface area contributed by atoms with Crippen LogP contribution in [0.5, 0.6) is 0 Å². The zero-order valence-corrected chi connectivity index (χ0v) is 24.4. The van der Waals surface area contributed by atoms with Crippen molar-refractivity contribution in [3.63, 3.8) is 0 Å². The smallest absolute Gasteiger partial charge is 0.784 e. The Morgan fingerprint density at radius 3 is 1.45 bits per heavy atom. The number of halogens is 1. The zero-order chi connectivity index (χ0) is 20.0. The van der Waals surface area contributed by atoms with Gasteiger partial charge in [-0.25, -0.2) is 0 Å². The molecule has 0 N–H and O–H groups in total. The van der Waals surface area contributed by atoms with Gasteiger partial charge in [0.15, 0.2) is 0 Å². The van der Waals surface area contributed by atoms with Gasteiger partial charge in [0.1, 0.15) is 0 Å². The molecule has 0 aromatic rings. The molecule has 1 aliphatic rings. The largest absolute Gasteiger partial charge is 1.00 e. The number of nitrogens with zero attached hydrogens (tertiary/aromatic N) is 1. The molecular formula is C21H38ClNNa2O3S. The van der Waals surface area contributed by atoms with Crippen LogP contribution >= 0.6 is 11.6 Å². The molecule has 0 spiro atoms. The first-order chi connectivity index (χ1) is 13.2. The summed E-state index contributed by atoms with van der Waals surface area (Å²) in [4.78, 5) is 2.41. The number of unbranched alkanes of at least 4 members (excludes halogenated alkanes) is 13. The van der Waals surface area contributed by atoms with Gasteiger partial charge in [0.05, 0.1) is 0 Å². The molecule has 0 saturated carbocycles. The van der Waals surface area contributed by atoms with Gasteiger partial charge in [0.25, 0.3) is 0 Å². The minimum Gasteiger partial charge on any atom is -0.784 e. The van der Waals surface area contributed by atoms with Crippen LogP contribution in [0.25, 0.3) is 0 Å². The summed E-state index contributed by atoms with van der Waals surface area (Å²) < 4.78 is 25.3. The molecule has 160 valence electrons. The van der Waals surface area contributed by atoms with E-state index in [2.05, 4.69) is 29.3 Å². The van der Waals surface area contributed by atoms with Gasteiger partial charge in [-0.1, -0.05) is 89.2 Å². The standard InChI is InChI=1S/C21H38ClN.2Na.H2O3S/c22-18-14-11-9-7-5-3-1-2-4-6-8-10-12-15-19-23-20-16-13-17-21-23;;;1-4(2)3/h13,16-17,20H,1-12,14-15,18-19,21H2;;;(H2,1,2,3)/q;2*+1;/p-2. The van der Waals surface area contributed by atoms with Crippen molar-refractivity contribution in [2.45, 2.75) is 89.9 Å². The average Bonchev–Trinajstić information content (AvgIpc) is 2.65. The molecule has 4 nitrogen and oxygen atoms in total. The molecule has 1 heterocycles. The number of hydrogen-bond acceptors (Lipinski definition) is 4. The molecule has 0 amide bonds. The molecule has 0 radical (unpaired) electrons. The van der Waals surface area contributed by atoms with Gasteiger partial charge in [-0.2, -0.15) is 0 Å². The van der Waals surface area contributed by atoms with Gasteiger partial charge in [0, 0.05) is 19.0 Å². The van der Waals surface area contributed by atoms with Crippen molar-refractivity contribution in [2.24, 2.45) is 0 Å². The summed E-state index contributed by atoms with van der Waals surface area (Å²) in [6.45, 7) is 2.33. The minimum absolute atomic E-state index is 0. The number of allylic oxidation sites excluding steroid dienone is 2. The normalized spacial score (nSPS) is 12.2. The first-order valence-corrected chi connectivity index (χ1v) is 12.1. The maximum absolute atomic E-state index is 8.44. The molecule has 0 aromatic carbocycles. The van der Waals surface area contributed by atoms with Crippen molar-refractivity contribution >= 4 is 23.0 Å². The van der Waals surface area contributed by atoms with E-state index in [1.807, 2.05) is 0 Å². The Morgan fingerprint density at radius 2 is 1.10 bits per heavy atom. The van der Waals surface area contributed by atoms with E-state index in [1.54, 1.807) is 0 Å². The SMILES string of the molecule is ClCCCCCCCCCCCCCCCCN1C=CC=CC1.O=S([O-])[O-].[Na+].[Na+]. The monoisotopic (exact) mass is 465 g/mol. The Kier molecular flexibility index (Phi) is 36.0. The Morgan fingerprint density at radius 1 is 0.724 bits per heavy atom. The molecule has 0 fully saturated rings. The Bertz CT molecular complexity index is 398. The van der Waals surface area contributed by atoms with Crippen LogP contribution in [0.3, 0.4) is 0 Å². The second kappa shape index (κ2) is 29.6. The predicted molar refractivity (Wildman–Crippen MR) is 115 cm³/mol. The molecule has 1 rings (SSSR count). The van der Waals surface area contributed by atoms with Gasteiger partial charge >= 0.3 is 59.1 Å². The van der Waals surface area contributed by atoms with Crippen LogP contribution in [0, 0.1) is 0 Å². The van der Waals surface area contributed by atoms with Crippen molar-refractivity contribution in [3.8, 4) is 0 Å². The molecular weight excluding hydrogens is 428 g/mol. The van der Waals surface area contributed by atoms with Crippen molar-refractivity contribution in [3.05, 3.63) is 24.4 Å². The molecule has 0 atom stereocenters. The summed E-state index contributed by atoms with van der Waals surface area (Å²) in [5.74, 6) is 0.840. The van der Waals surface area contributed by atoms with E-state index in [9.17, 15) is 0 Å². The number of hydrogen-bond donors (Lipinski definition) is 0. The summed E-state index contributed by atoms with van der Waals surface area (Å²) in [7, 11) is 0. The van der Waals surface area contributed by atoms with Gasteiger partial charge in [-0.3, -0.25) is 4.21 Å². The summed E-state index contributed by atoms with van der Waals surface area (Å²) in [6.07, 6.45) is 28.3. The maximum Gasteiger partial charge on any atom is 1.00 e. The molecule has 0 unspecified atom stereocenters. The average molecular weight is 466 g/mol. The Balaban J connectivity index is -0.00000103. The van der Waals surface area contributed by atoms with Crippen LogP contribution in [-0.4, -0.2) is 37.2 Å². The second-order valence-electron chi connectivity index (χ2n) is 7.11. The van der Waals surface area contributed by atoms with E-state index in [1.165, 1.54) is 96.4 Å². The van der Waals surface area contributed by atoms with Crippen LogP contribution in [0.2, 0.25) is 0 Å². The Labute approximate surface area is 231 Å². The van der Waals surface area contributed by atoms with Crippen molar-refractivity contribution in [1.29, 1.82) is 0 Å². The molecule has 0 aliphatic carbocycles. The minimum atomic E-state index is -3.11. The van der Waals surface area contributed by atoms with E-state index < -0.39 is 11.4 Å². The third-order valence-electron chi connectivity index (χ3n) is 4.71. The fourth-order valence-electron chi connectivity index (χ4n) is 3.20. The molecule has 1 aliphatic heterocycles. The predicted octanol–water partition coefficient (Wildman–Crippen LogP) is 0.0760. The molecule has 29 heavy (non-hydrogen) atoms. The van der Waals surface area contributed by atoms with Gasteiger partial charge in [-0.15, -0.1) is 23.0 Å². The fourth-order valence-corrected chi connectivity index (χ4v) is 3.39. The van der Waals surface area contributed by atoms with Gasteiger partial charge < -0.3 is 14.0 Å². The summed E-state index contributed by atoms with van der Waals surface area (Å²) in [6, 6.07) is 0. The van der Waals surface area contributed by atoms with Crippen LogP contribution < -0.4 is 59.1 Å². The van der Waals surface area contributed by atoms with E-state index >= 15 is 0 Å². The van der Waals surface area contributed by atoms with Gasteiger partial charge in [0.2, 0.25) is 0 Å². The number of rotatable bonds is 16. The molecule has 8 heteroatoms. The molecule has 0 aromatic heterocycles. The van der Waals surface area contributed by atoms with E-state index in [0.29, 0.717) is 0 Å². The summed E-state index contributed by atoms with van der Waals surface area (Å²) in [5, 5.41) is 0. The van der Waals surface area contributed by atoms with E-state index in [4.69, 9.17) is 24.9 Å². The molecule has 0 saturated heterocycles. The third-order valence-corrected chi connectivity index (χ3v) is 4.98. The van der Waals surface area contributed by atoms with Crippen LogP contribution in [-0.2, 0) is 11.4 Å². The van der Waals surface area contributed by atoms with Crippen LogP contribution in [0.15, 0.2) is 24.4 Å². The first kappa shape index (κ1) is 35.2. The zero-order valence-electron chi connectivity index (χ0n) is 18.8. The third kappa shape index (κ3) is 31.9. The topological polar surface area (TPSA) is 66.4 Å². The summed E-state index contributed by atoms with van der Waals surface area (Å²) in [5.41, 5.74) is 0. The van der Waals surface area contributed by atoms with E-state index in [0.717, 1.165) is 12.4 Å². The van der Waals surface area contributed by atoms with Crippen molar-refractivity contribution < 1.29 is 72.4 Å². The van der Waals surface area contributed by atoms with Crippen LogP contribution in [0.1, 0.15) is 89.9 Å². The Hall–Kier alpha value is 1.64. The van der Waals surface area contributed by atoms with Crippen molar-refractivity contribution in [1.82, 2.24) is 4.90 Å². The van der Waals surface area contributed by atoms with Gasteiger partial charge in [-0.05, 0) is 25.1 Å². The van der Waals surface area contributed by atoms with Crippen LogP contribution in [0.4, 0.5) is 0 Å². The maximum atomic E-state index is 8.44. The fraction of sp³-hybridized carbons (Fsp3) is 0.810.